The average molecular weight is 375 g/mol. The molecule has 0 unspecified atom stereocenters. The highest BCUT2D eigenvalue weighted by Gasteiger charge is 2.15. The fourth-order valence-electron chi connectivity index (χ4n) is 3.00. The summed E-state index contributed by atoms with van der Waals surface area (Å²) in [5, 5.41) is 10.4. The fourth-order valence-corrected chi connectivity index (χ4v) is 4.20. The molecule has 2 N–H and O–H groups in total. The molecule has 140 valence electrons. The van der Waals surface area contributed by atoms with Crippen molar-refractivity contribution < 1.29 is 9.32 Å². The fraction of sp³-hybridized carbons (Fsp3) is 0.474. The monoisotopic (exact) mass is 374 g/mol. The molecule has 2 aromatic rings. The van der Waals surface area contributed by atoms with Crippen LogP contribution in [0.1, 0.15) is 27.4 Å². The number of aryl methyl sites for hydroxylation is 2. The summed E-state index contributed by atoms with van der Waals surface area (Å²) in [5.74, 6) is 1.57. The molecule has 0 bridgehead atoms. The number of piperazine rings is 1. The van der Waals surface area contributed by atoms with Crippen LogP contribution in [0.4, 0.5) is 0 Å². The molecule has 6 nitrogen and oxygen atoms in total. The molecular weight excluding hydrogens is 348 g/mol. The number of carbonyl (C=O) groups is 1. The predicted molar refractivity (Wildman–Crippen MR) is 104 cm³/mol. The summed E-state index contributed by atoms with van der Waals surface area (Å²) in [5.41, 5.74) is 2.74. The smallest absolute Gasteiger partial charge is 0.252 e. The lowest BCUT2D eigenvalue weighted by Gasteiger charge is -2.27. The molecule has 1 aliphatic rings. The van der Waals surface area contributed by atoms with Crippen LogP contribution in [0, 0.1) is 13.8 Å². The van der Waals surface area contributed by atoms with Gasteiger partial charge in [-0.1, -0.05) is 17.3 Å². The summed E-state index contributed by atoms with van der Waals surface area (Å²) in [4.78, 5) is 16.0. The van der Waals surface area contributed by atoms with Crippen LogP contribution in [0.25, 0.3) is 0 Å². The Morgan fingerprint density at radius 1 is 1.31 bits per heavy atom. The number of benzene rings is 1. The Morgan fingerprint density at radius 2 is 2.08 bits per heavy atom. The lowest BCUT2D eigenvalue weighted by atomic mass is 10.2. The minimum atomic E-state index is -0.0120. The lowest BCUT2D eigenvalue weighted by molar-refractivity contribution is 0.0944. The average Bonchev–Trinajstić information content (AvgIpc) is 2.99. The van der Waals surface area contributed by atoms with Crippen LogP contribution in [0.2, 0.25) is 0 Å². The van der Waals surface area contributed by atoms with Gasteiger partial charge in [-0.15, -0.1) is 11.8 Å². The normalized spacial score (nSPS) is 15.2. The minimum Gasteiger partial charge on any atom is -0.361 e. The largest absolute Gasteiger partial charge is 0.361 e. The summed E-state index contributed by atoms with van der Waals surface area (Å²) < 4.78 is 5.22. The number of hydrogen-bond acceptors (Lipinski definition) is 6. The number of hydrogen-bond donors (Lipinski definition) is 2. The van der Waals surface area contributed by atoms with Gasteiger partial charge in [-0.2, -0.15) is 0 Å². The van der Waals surface area contributed by atoms with Gasteiger partial charge < -0.3 is 15.2 Å². The second kappa shape index (κ2) is 9.21. The molecule has 3 rings (SSSR count). The summed E-state index contributed by atoms with van der Waals surface area (Å²) in [6, 6.07) is 7.75. The molecule has 0 radical (unpaired) electrons. The third-order valence-electron chi connectivity index (χ3n) is 4.61. The van der Waals surface area contributed by atoms with Gasteiger partial charge in [-0.3, -0.25) is 9.69 Å². The molecule has 1 saturated heterocycles. The number of thioether (sulfide) groups is 1. The van der Waals surface area contributed by atoms with Crippen LogP contribution in [-0.2, 0) is 5.75 Å². The van der Waals surface area contributed by atoms with E-state index in [0.717, 1.165) is 66.0 Å². The molecule has 7 heteroatoms. The SMILES string of the molecule is Cc1noc(C)c1CSc1ccccc1C(=O)NCCN1CCNCC1. The number of carbonyl (C=O) groups excluding carboxylic acids is 1. The zero-order chi connectivity index (χ0) is 18.4. The highest BCUT2D eigenvalue weighted by atomic mass is 32.2. The van der Waals surface area contributed by atoms with Gasteiger partial charge in [0.25, 0.3) is 5.91 Å². The van der Waals surface area contributed by atoms with E-state index in [4.69, 9.17) is 4.52 Å². The molecule has 26 heavy (non-hydrogen) atoms. The van der Waals surface area contributed by atoms with E-state index in [-0.39, 0.29) is 5.91 Å². The number of nitrogens with one attached hydrogen (secondary N) is 2. The van der Waals surface area contributed by atoms with Gasteiger partial charge in [0, 0.05) is 55.5 Å². The second-order valence-corrected chi connectivity index (χ2v) is 7.45. The van der Waals surface area contributed by atoms with Gasteiger partial charge in [-0.05, 0) is 26.0 Å². The zero-order valence-corrected chi connectivity index (χ0v) is 16.2. The summed E-state index contributed by atoms with van der Waals surface area (Å²) >= 11 is 1.64. The highest BCUT2D eigenvalue weighted by Crippen LogP contribution is 2.28. The molecule has 1 amide bonds. The summed E-state index contributed by atoms with van der Waals surface area (Å²) in [7, 11) is 0. The maximum absolute atomic E-state index is 12.6. The third kappa shape index (κ3) is 4.87. The third-order valence-corrected chi connectivity index (χ3v) is 5.71. The molecule has 1 aliphatic heterocycles. The van der Waals surface area contributed by atoms with Crippen molar-refractivity contribution in [2.75, 3.05) is 39.3 Å². The number of rotatable bonds is 7. The van der Waals surface area contributed by atoms with Crippen molar-refractivity contribution in [3.63, 3.8) is 0 Å². The van der Waals surface area contributed by atoms with E-state index in [9.17, 15) is 4.79 Å². The van der Waals surface area contributed by atoms with Crippen LogP contribution >= 0.6 is 11.8 Å². The molecular formula is C19H26N4O2S. The number of amides is 1. The Balaban J connectivity index is 1.56. The Morgan fingerprint density at radius 3 is 2.81 bits per heavy atom. The molecule has 1 aromatic heterocycles. The van der Waals surface area contributed by atoms with E-state index in [1.54, 1.807) is 11.8 Å². The first-order valence-electron chi connectivity index (χ1n) is 9.00. The molecule has 0 aliphatic carbocycles. The van der Waals surface area contributed by atoms with Gasteiger partial charge in [0.05, 0.1) is 11.3 Å². The predicted octanol–water partition coefficient (Wildman–Crippen LogP) is 2.22. The molecule has 0 saturated carbocycles. The Hall–Kier alpha value is -1.83. The van der Waals surface area contributed by atoms with E-state index in [1.807, 2.05) is 38.1 Å². The van der Waals surface area contributed by atoms with Gasteiger partial charge in [0.2, 0.25) is 0 Å². The summed E-state index contributed by atoms with van der Waals surface area (Å²) in [6.07, 6.45) is 0. The first kappa shape index (κ1) is 18.9. The van der Waals surface area contributed by atoms with E-state index < -0.39 is 0 Å². The Kier molecular flexibility index (Phi) is 6.71. The van der Waals surface area contributed by atoms with Crippen molar-refractivity contribution >= 4 is 17.7 Å². The molecule has 2 heterocycles. The van der Waals surface area contributed by atoms with Gasteiger partial charge in [0.1, 0.15) is 5.76 Å². The van der Waals surface area contributed by atoms with Crippen LogP contribution < -0.4 is 10.6 Å². The first-order valence-corrected chi connectivity index (χ1v) is 9.98. The van der Waals surface area contributed by atoms with Crippen LogP contribution in [0.3, 0.4) is 0 Å². The van der Waals surface area contributed by atoms with Crippen molar-refractivity contribution in [1.29, 1.82) is 0 Å². The van der Waals surface area contributed by atoms with Gasteiger partial charge in [0.15, 0.2) is 0 Å². The van der Waals surface area contributed by atoms with Crippen molar-refractivity contribution in [2.45, 2.75) is 24.5 Å². The number of nitrogens with zero attached hydrogens (tertiary/aromatic N) is 2. The Bertz CT molecular complexity index is 721. The number of aromatic nitrogens is 1. The Labute approximate surface area is 158 Å². The van der Waals surface area contributed by atoms with Crippen LogP contribution in [0.5, 0.6) is 0 Å². The topological polar surface area (TPSA) is 70.4 Å². The maximum Gasteiger partial charge on any atom is 0.252 e. The molecule has 1 fully saturated rings. The van der Waals surface area contributed by atoms with Crippen molar-refractivity contribution in [3.05, 3.63) is 46.8 Å². The second-order valence-electron chi connectivity index (χ2n) is 6.44. The van der Waals surface area contributed by atoms with Crippen LogP contribution in [-0.4, -0.2) is 55.2 Å². The minimum absolute atomic E-state index is 0.0120. The first-order chi connectivity index (χ1) is 12.6. The quantitative estimate of drug-likeness (QED) is 0.724. The molecule has 0 atom stereocenters. The van der Waals surface area contributed by atoms with Crippen molar-refractivity contribution in [3.8, 4) is 0 Å². The standard InChI is InChI=1S/C19H26N4O2S/c1-14-17(15(2)25-22-14)13-26-18-6-4-3-5-16(18)19(24)21-9-12-23-10-7-20-8-11-23/h3-6,20H,7-13H2,1-2H3,(H,21,24). The molecule has 0 spiro atoms. The summed E-state index contributed by atoms with van der Waals surface area (Å²) in [6.45, 7) is 9.55. The zero-order valence-electron chi connectivity index (χ0n) is 15.4. The van der Waals surface area contributed by atoms with Gasteiger partial charge >= 0.3 is 0 Å². The van der Waals surface area contributed by atoms with E-state index in [1.165, 1.54) is 0 Å². The van der Waals surface area contributed by atoms with E-state index >= 15 is 0 Å². The highest BCUT2D eigenvalue weighted by molar-refractivity contribution is 7.98. The maximum atomic E-state index is 12.6. The lowest BCUT2D eigenvalue weighted by Crippen LogP contribution is -2.46. The van der Waals surface area contributed by atoms with Crippen molar-refractivity contribution in [2.24, 2.45) is 0 Å². The van der Waals surface area contributed by atoms with Crippen LogP contribution in [0.15, 0.2) is 33.7 Å². The van der Waals surface area contributed by atoms with Gasteiger partial charge in [-0.25, -0.2) is 0 Å². The molecule has 1 aromatic carbocycles. The van der Waals surface area contributed by atoms with Crippen molar-refractivity contribution in [1.82, 2.24) is 20.7 Å². The van der Waals surface area contributed by atoms with E-state index in [2.05, 4.69) is 20.7 Å². The van der Waals surface area contributed by atoms with E-state index in [0.29, 0.717) is 6.54 Å².